The summed E-state index contributed by atoms with van der Waals surface area (Å²) in [5, 5.41) is 0. The Balaban J connectivity index is 0.000000845. The van der Waals surface area contributed by atoms with Crippen molar-refractivity contribution >= 4 is 23.9 Å². The Morgan fingerprint density at radius 1 is 1.54 bits per heavy atom. The van der Waals surface area contributed by atoms with Crippen molar-refractivity contribution in [3.05, 3.63) is 24.3 Å². The number of anilines is 1. The van der Waals surface area contributed by atoms with Crippen LogP contribution in [-0.2, 0) is 6.42 Å². The van der Waals surface area contributed by atoms with Gasteiger partial charge in [-0.3, -0.25) is 9.38 Å². The van der Waals surface area contributed by atoms with Crippen molar-refractivity contribution in [2.45, 2.75) is 13.3 Å². The van der Waals surface area contributed by atoms with Gasteiger partial charge in [0.05, 0.1) is 11.9 Å². The number of rotatable bonds is 1. The largest absolute Gasteiger partial charge is 0.382 e. The Hall–Kier alpha value is -1.29. The van der Waals surface area contributed by atoms with Crippen LogP contribution < -0.4 is 5.73 Å². The topological polar surface area (TPSA) is 56.2 Å². The van der Waals surface area contributed by atoms with Gasteiger partial charge in [-0.25, -0.2) is 4.98 Å². The van der Waals surface area contributed by atoms with Crippen molar-refractivity contribution in [3.63, 3.8) is 0 Å². The lowest BCUT2D eigenvalue weighted by molar-refractivity contribution is 0.986. The second kappa shape index (κ2) is 3.62. The van der Waals surface area contributed by atoms with E-state index in [1.54, 1.807) is 12.4 Å². The minimum absolute atomic E-state index is 0. The van der Waals surface area contributed by atoms with E-state index in [2.05, 4.69) is 16.9 Å². The maximum Gasteiger partial charge on any atom is 0.157 e. The van der Waals surface area contributed by atoms with Gasteiger partial charge in [0.25, 0.3) is 0 Å². The van der Waals surface area contributed by atoms with Crippen LogP contribution in [0.15, 0.2) is 18.6 Å². The molecule has 5 heteroatoms. The standard InChI is InChI=1S/C8H10N4.ClH/c1-2-6-8(9)11-7-5-10-3-4-12(6)7;/h3-5H,2,9H2,1H3;1H. The molecule has 0 amide bonds. The molecule has 0 aliphatic heterocycles. The molecule has 4 nitrogen and oxygen atoms in total. The highest BCUT2D eigenvalue weighted by Crippen LogP contribution is 2.13. The summed E-state index contributed by atoms with van der Waals surface area (Å²) in [5.74, 6) is 0.602. The highest BCUT2D eigenvalue weighted by molar-refractivity contribution is 5.85. The van der Waals surface area contributed by atoms with Crippen molar-refractivity contribution in [2.75, 3.05) is 5.73 Å². The van der Waals surface area contributed by atoms with Crippen LogP contribution in [0.2, 0.25) is 0 Å². The van der Waals surface area contributed by atoms with E-state index in [1.165, 1.54) is 0 Å². The fourth-order valence-electron chi connectivity index (χ4n) is 1.33. The molecule has 70 valence electrons. The van der Waals surface area contributed by atoms with Crippen LogP contribution >= 0.6 is 12.4 Å². The van der Waals surface area contributed by atoms with Crippen molar-refractivity contribution in [2.24, 2.45) is 0 Å². The minimum atomic E-state index is 0. The van der Waals surface area contributed by atoms with Gasteiger partial charge in [-0.2, -0.15) is 0 Å². The number of halogens is 1. The van der Waals surface area contributed by atoms with E-state index in [-0.39, 0.29) is 12.4 Å². The molecule has 0 radical (unpaired) electrons. The molecule has 0 spiro atoms. The molecule has 2 aromatic heterocycles. The quantitative estimate of drug-likeness (QED) is 0.752. The molecule has 13 heavy (non-hydrogen) atoms. The third-order valence-corrected chi connectivity index (χ3v) is 1.89. The summed E-state index contributed by atoms with van der Waals surface area (Å²) < 4.78 is 1.96. The molecular formula is C8H11ClN4. The lowest BCUT2D eigenvalue weighted by Crippen LogP contribution is -1.94. The second-order valence-electron chi connectivity index (χ2n) is 2.60. The van der Waals surface area contributed by atoms with Gasteiger partial charge in [0, 0.05) is 12.4 Å². The first kappa shape index (κ1) is 9.80. The predicted octanol–water partition coefficient (Wildman–Crippen LogP) is 1.30. The van der Waals surface area contributed by atoms with Gasteiger partial charge in [-0.1, -0.05) is 6.92 Å². The third kappa shape index (κ3) is 1.45. The third-order valence-electron chi connectivity index (χ3n) is 1.89. The van der Waals surface area contributed by atoms with Gasteiger partial charge in [0.15, 0.2) is 5.65 Å². The summed E-state index contributed by atoms with van der Waals surface area (Å²) in [5.41, 5.74) is 7.56. The van der Waals surface area contributed by atoms with Gasteiger partial charge < -0.3 is 5.73 Å². The Kier molecular flexibility index (Phi) is 2.72. The zero-order valence-corrected chi connectivity index (χ0v) is 8.08. The Morgan fingerprint density at radius 2 is 2.31 bits per heavy atom. The molecular weight excluding hydrogens is 188 g/mol. The average Bonchev–Trinajstić information content (AvgIpc) is 2.40. The highest BCUT2D eigenvalue weighted by atomic mass is 35.5. The lowest BCUT2D eigenvalue weighted by Gasteiger charge is -1.96. The molecule has 0 unspecified atom stereocenters. The van der Waals surface area contributed by atoms with Gasteiger partial charge in [-0.15, -0.1) is 12.4 Å². The molecule has 0 saturated heterocycles. The summed E-state index contributed by atoms with van der Waals surface area (Å²) in [6, 6.07) is 0. The van der Waals surface area contributed by atoms with Gasteiger partial charge >= 0.3 is 0 Å². The molecule has 0 fully saturated rings. The predicted molar refractivity (Wildman–Crippen MR) is 54.0 cm³/mol. The van der Waals surface area contributed by atoms with Gasteiger partial charge in [0.1, 0.15) is 5.82 Å². The molecule has 2 heterocycles. The number of imidazole rings is 1. The van der Waals surface area contributed by atoms with E-state index in [1.807, 2.05) is 10.6 Å². The first-order valence-electron chi connectivity index (χ1n) is 3.89. The van der Waals surface area contributed by atoms with Crippen LogP contribution in [-0.4, -0.2) is 14.4 Å². The smallest absolute Gasteiger partial charge is 0.157 e. The summed E-state index contributed by atoms with van der Waals surface area (Å²) in [6.45, 7) is 2.06. The Bertz CT molecular complexity index is 409. The fraction of sp³-hybridized carbons (Fsp3) is 0.250. The monoisotopic (exact) mass is 198 g/mol. The van der Waals surface area contributed by atoms with E-state index in [9.17, 15) is 0 Å². The Labute approximate surface area is 82.2 Å². The number of aryl methyl sites for hydroxylation is 1. The summed E-state index contributed by atoms with van der Waals surface area (Å²) in [4.78, 5) is 8.12. The highest BCUT2D eigenvalue weighted by Gasteiger charge is 2.05. The minimum Gasteiger partial charge on any atom is -0.382 e. The summed E-state index contributed by atoms with van der Waals surface area (Å²) in [7, 11) is 0. The number of nitrogens with two attached hydrogens (primary N) is 1. The number of nitrogen functional groups attached to an aromatic ring is 1. The maximum absolute atomic E-state index is 5.70. The molecule has 0 aliphatic carbocycles. The van der Waals surface area contributed by atoms with Crippen molar-refractivity contribution in [3.8, 4) is 0 Å². The molecule has 2 aromatic rings. The number of fused-ring (bicyclic) bond motifs is 1. The van der Waals surface area contributed by atoms with E-state index in [0.29, 0.717) is 5.82 Å². The first-order chi connectivity index (χ1) is 5.83. The Morgan fingerprint density at radius 3 is 3.00 bits per heavy atom. The molecule has 2 rings (SSSR count). The zero-order chi connectivity index (χ0) is 8.55. The maximum atomic E-state index is 5.70. The van der Waals surface area contributed by atoms with Crippen molar-refractivity contribution in [1.82, 2.24) is 14.4 Å². The molecule has 2 N–H and O–H groups in total. The average molecular weight is 199 g/mol. The molecule has 0 aromatic carbocycles. The van der Waals surface area contributed by atoms with Crippen LogP contribution in [0.3, 0.4) is 0 Å². The molecule has 0 saturated carbocycles. The lowest BCUT2D eigenvalue weighted by atomic mass is 10.3. The number of hydrogen-bond donors (Lipinski definition) is 1. The van der Waals surface area contributed by atoms with Crippen molar-refractivity contribution in [1.29, 1.82) is 0 Å². The zero-order valence-electron chi connectivity index (χ0n) is 7.27. The number of nitrogens with zero attached hydrogens (tertiary/aromatic N) is 3. The summed E-state index contributed by atoms with van der Waals surface area (Å²) in [6.07, 6.45) is 6.19. The normalized spacial score (nSPS) is 9.92. The second-order valence-corrected chi connectivity index (χ2v) is 2.60. The first-order valence-corrected chi connectivity index (χ1v) is 3.89. The van der Waals surface area contributed by atoms with Crippen molar-refractivity contribution < 1.29 is 0 Å². The number of hydrogen-bond acceptors (Lipinski definition) is 3. The van der Waals surface area contributed by atoms with E-state index in [4.69, 9.17) is 5.73 Å². The van der Waals surface area contributed by atoms with E-state index >= 15 is 0 Å². The van der Waals surface area contributed by atoms with Crippen LogP contribution in [0, 0.1) is 0 Å². The molecule has 0 atom stereocenters. The summed E-state index contributed by atoms with van der Waals surface area (Å²) >= 11 is 0. The van der Waals surface area contributed by atoms with E-state index in [0.717, 1.165) is 17.8 Å². The van der Waals surface area contributed by atoms with Gasteiger partial charge in [-0.05, 0) is 6.42 Å². The van der Waals surface area contributed by atoms with Crippen LogP contribution in [0.25, 0.3) is 5.65 Å². The SMILES string of the molecule is CCc1c(N)nc2cnccn12.Cl. The molecule has 0 aliphatic rings. The van der Waals surface area contributed by atoms with Crippen LogP contribution in [0.5, 0.6) is 0 Å². The molecule has 0 bridgehead atoms. The van der Waals surface area contributed by atoms with E-state index < -0.39 is 0 Å². The number of aromatic nitrogens is 3. The fourth-order valence-corrected chi connectivity index (χ4v) is 1.33. The van der Waals surface area contributed by atoms with Crippen LogP contribution in [0.4, 0.5) is 5.82 Å². The van der Waals surface area contributed by atoms with Crippen LogP contribution in [0.1, 0.15) is 12.6 Å². The van der Waals surface area contributed by atoms with Gasteiger partial charge in [0.2, 0.25) is 0 Å².